The first-order valence-corrected chi connectivity index (χ1v) is 7.86. The summed E-state index contributed by atoms with van der Waals surface area (Å²) in [4.78, 5) is 4.43. The summed E-state index contributed by atoms with van der Waals surface area (Å²) in [6.07, 6.45) is 7.69. The van der Waals surface area contributed by atoms with Crippen LogP contribution in [0.2, 0.25) is 0 Å². The third-order valence-corrected chi connectivity index (χ3v) is 4.34. The van der Waals surface area contributed by atoms with Crippen LogP contribution in [-0.2, 0) is 11.1 Å². The Morgan fingerprint density at radius 3 is 2.48 bits per heavy atom. The van der Waals surface area contributed by atoms with Gasteiger partial charge in [-0.1, -0.05) is 26.0 Å². The van der Waals surface area contributed by atoms with Crippen molar-refractivity contribution in [3.63, 3.8) is 0 Å². The molecule has 1 heterocycles. The second kappa shape index (κ2) is 9.35. The van der Waals surface area contributed by atoms with Gasteiger partial charge in [0, 0.05) is 23.3 Å². The van der Waals surface area contributed by atoms with E-state index in [-0.39, 0.29) is 51.4 Å². The maximum absolute atomic E-state index is 10.9. The first-order valence-electron chi connectivity index (χ1n) is 6.78. The van der Waals surface area contributed by atoms with Crippen LogP contribution >= 0.6 is 0 Å². The van der Waals surface area contributed by atoms with Gasteiger partial charge in [-0.25, -0.2) is 4.98 Å². The second-order valence-electron chi connectivity index (χ2n) is 5.01. The number of benzene rings is 1. The summed E-state index contributed by atoms with van der Waals surface area (Å²) in [5.41, 5.74) is 1.16. The molecule has 0 amide bonds. The van der Waals surface area contributed by atoms with Crippen molar-refractivity contribution in [2.24, 2.45) is 0 Å². The summed E-state index contributed by atoms with van der Waals surface area (Å²) >= 11 is -2.15. The summed E-state index contributed by atoms with van der Waals surface area (Å²) in [7, 11) is 0. The molecule has 0 saturated heterocycles. The van der Waals surface area contributed by atoms with Gasteiger partial charge >= 0.3 is 51.4 Å². The molecule has 0 saturated carbocycles. The molecule has 0 aliphatic rings. The minimum Gasteiger partial charge on any atom is -0.768 e. The standard InChI is InChI=1S/C15H20N2O2S.K/c1-3-14(17-9-8-16-11-17)10-12(2)13-4-6-15(7-5-13)20(18)19;/h4-9,11-12,14H,3,10H2,1-2H3,(H,18,19);/q;+1/p-1. The molecule has 2 rings (SSSR count). The van der Waals surface area contributed by atoms with Gasteiger partial charge in [-0.3, -0.25) is 4.21 Å². The van der Waals surface area contributed by atoms with Crippen molar-refractivity contribution >= 4 is 11.1 Å². The van der Waals surface area contributed by atoms with Gasteiger partial charge in [0.2, 0.25) is 0 Å². The van der Waals surface area contributed by atoms with Crippen LogP contribution in [0, 0.1) is 0 Å². The molecule has 1 aromatic carbocycles. The van der Waals surface area contributed by atoms with Gasteiger partial charge in [0.05, 0.1) is 6.33 Å². The second-order valence-corrected chi connectivity index (χ2v) is 5.95. The van der Waals surface area contributed by atoms with Crippen LogP contribution in [0.25, 0.3) is 0 Å². The van der Waals surface area contributed by atoms with E-state index >= 15 is 0 Å². The third-order valence-electron chi connectivity index (χ3n) is 3.68. The Morgan fingerprint density at radius 2 is 2.00 bits per heavy atom. The Morgan fingerprint density at radius 1 is 1.33 bits per heavy atom. The summed E-state index contributed by atoms with van der Waals surface area (Å²) in [5, 5.41) is 0. The molecule has 0 bridgehead atoms. The number of rotatable bonds is 6. The number of nitrogens with zero attached hydrogens (tertiary/aromatic N) is 2. The van der Waals surface area contributed by atoms with E-state index in [2.05, 4.69) is 23.4 Å². The van der Waals surface area contributed by atoms with E-state index in [1.165, 1.54) is 0 Å². The Bertz CT molecular complexity index is 558. The zero-order valence-corrected chi connectivity index (χ0v) is 16.7. The molecule has 3 atom stereocenters. The molecule has 4 nitrogen and oxygen atoms in total. The van der Waals surface area contributed by atoms with Gasteiger partial charge in [0.25, 0.3) is 0 Å². The number of hydrogen-bond donors (Lipinski definition) is 0. The van der Waals surface area contributed by atoms with E-state index in [1.807, 2.05) is 24.7 Å². The van der Waals surface area contributed by atoms with Crippen LogP contribution in [0.15, 0.2) is 47.9 Å². The monoisotopic (exact) mass is 330 g/mol. The van der Waals surface area contributed by atoms with Crippen LogP contribution in [0.1, 0.15) is 44.2 Å². The molecule has 0 fully saturated rings. The average Bonchev–Trinajstić information content (AvgIpc) is 2.98. The van der Waals surface area contributed by atoms with Crippen molar-refractivity contribution in [1.82, 2.24) is 9.55 Å². The molecule has 0 aliphatic carbocycles. The molecule has 0 aliphatic heterocycles. The minimum absolute atomic E-state index is 0. The largest absolute Gasteiger partial charge is 1.00 e. The van der Waals surface area contributed by atoms with E-state index in [9.17, 15) is 8.76 Å². The van der Waals surface area contributed by atoms with Crippen molar-refractivity contribution in [2.75, 3.05) is 0 Å². The van der Waals surface area contributed by atoms with Crippen LogP contribution < -0.4 is 51.4 Å². The smallest absolute Gasteiger partial charge is 0.768 e. The molecule has 0 radical (unpaired) electrons. The van der Waals surface area contributed by atoms with Crippen LogP contribution in [-0.4, -0.2) is 18.3 Å². The first kappa shape index (κ1) is 19.2. The fourth-order valence-electron chi connectivity index (χ4n) is 2.44. The molecule has 3 unspecified atom stereocenters. The van der Waals surface area contributed by atoms with Crippen molar-refractivity contribution in [3.05, 3.63) is 48.5 Å². The van der Waals surface area contributed by atoms with Gasteiger partial charge in [-0.15, -0.1) is 0 Å². The first-order chi connectivity index (χ1) is 9.61. The minimum atomic E-state index is -2.15. The predicted octanol–water partition coefficient (Wildman–Crippen LogP) is 0.270. The van der Waals surface area contributed by atoms with Gasteiger partial charge < -0.3 is 9.12 Å². The van der Waals surface area contributed by atoms with Crippen LogP contribution in [0.5, 0.6) is 0 Å². The van der Waals surface area contributed by atoms with E-state index < -0.39 is 11.1 Å². The topological polar surface area (TPSA) is 57.9 Å². The normalized spacial score (nSPS) is 15.0. The molecule has 21 heavy (non-hydrogen) atoms. The third kappa shape index (κ3) is 5.39. The fourth-order valence-corrected chi connectivity index (χ4v) is 2.79. The van der Waals surface area contributed by atoms with E-state index in [4.69, 9.17) is 0 Å². The Balaban J connectivity index is 0.00000220. The Hall–Kier alpha value is 0.176. The molecule has 6 heteroatoms. The zero-order chi connectivity index (χ0) is 14.5. The van der Waals surface area contributed by atoms with Gasteiger partial charge in [0.1, 0.15) is 0 Å². The molecule has 0 spiro atoms. The van der Waals surface area contributed by atoms with Crippen molar-refractivity contribution < 1.29 is 60.1 Å². The zero-order valence-electron chi connectivity index (χ0n) is 12.7. The molecule has 108 valence electrons. The van der Waals surface area contributed by atoms with E-state index in [0.29, 0.717) is 16.9 Å². The molecule has 1 aromatic heterocycles. The van der Waals surface area contributed by atoms with Gasteiger partial charge in [-0.2, -0.15) is 0 Å². The fraction of sp³-hybridized carbons (Fsp3) is 0.400. The SMILES string of the molecule is CCC(CC(C)c1ccc(S(=O)[O-])cc1)n1ccnc1.[K+]. The molecule has 0 N–H and O–H groups in total. The summed E-state index contributed by atoms with van der Waals surface area (Å²) < 4.78 is 23.8. The predicted molar refractivity (Wildman–Crippen MR) is 78.2 cm³/mol. The summed E-state index contributed by atoms with van der Waals surface area (Å²) in [6, 6.07) is 7.54. The average molecular weight is 330 g/mol. The Labute approximate surface area is 171 Å². The molecular weight excluding hydrogens is 311 g/mol. The number of aromatic nitrogens is 2. The Kier molecular flexibility index (Phi) is 8.56. The summed E-state index contributed by atoms with van der Waals surface area (Å²) in [6.45, 7) is 4.34. The van der Waals surface area contributed by atoms with Gasteiger partial charge in [0.15, 0.2) is 0 Å². The maximum atomic E-state index is 10.9. The molecular formula is C15H19KN2O2S. The van der Waals surface area contributed by atoms with E-state index in [0.717, 1.165) is 18.4 Å². The summed E-state index contributed by atoms with van der Waals surface area (Å²) in [5.74, 6) is 0.372. The van der Waals surface area contributed by atoms with Crippen LogP contribution in [0.4, 0.5) is 0 Å². The number of hydrogen-bond acceptors (Lipinski definition) is 3. The maximum Gasteiger partial charge on any atom is 1.00 e. The van der Waals surface area contributed by atoms with Crippen molar-refractivity contribution in [1.29, 1.82) is 0 Å². The van der Waals surface area contributed by atoms with Crippen molar-refractivity contribution in [2.45, 2.75) is 43.5 Å². The number of imidazole rings is 1. The van der Waals surface area contributed by atoms with Crippen LogP contribution in [0.3, 0.4) is 0 Å². The van der Waals surface area contributed by atoms with E-state index in [1.54, 1.807) is 18.3 Å². The van der Waals surface area contributed by atoms with Crippen molar-refractivity contribution in [3.8, 4) is 0 Å². The van der Waals surface area contributed by atoms with Gasteiger partial charge in [-0.05, 0) is 47.5 Å². The quantitative estimate of drug-likeness (QED) is 0.564. The molecule has 2 aromatic rings.